The average molecular weight is 273 g/mol. The third-order valence-corrected chi connectivity index (χ3v) is 4.13. The molecule has 0 unspecified atom stereocenters. The minimum atomic E-state index is 0.477. The zero-order chi connectivity index (χ0) is 11.6. The van der Waals surface area contributed by atoms with E-state index in [4.69, 9.17) is 4.89 Å². The summed E-state index contributed by atoms with van der Waals surface area (Å²) in [6, 6.07) is 0. The summed E-state index contributed by atoms with van der Waals surface area (Å²) in [5.74, 6) is 0. The number of rotatable bonds is 3. The highest BCUT2D eigenvalue weighted by atomic mass is 79.9. The highest BCUT2D eigenvalue weighted by Crippen LogP contribution is 2.31. The van der Waals surface area contributed by atoms with Crippen molar-refractivity contribution in [2.45, 2.75) is 34.3 Å². The van der Waals surface area contributed by atoms with Crippen LogP contribution >= 0.6 is 15.9 Å². The van der Waals surface area contributed by atoms with Gasteiger partial charge >= 0.3 is 0 Å². The summed E-state index contributed by atoms with van der Waals surface area (Å²) in [6.45, 7) is 8.98. The van der Waals surface area contributed by atoms with Crippen LogP contribution in [0, 0.1) is 27.7 Å². The van der Waals surface area contributed by atoms with Crippen LogP contribution in [0.3, 0.4) is 0 Å². The predicted molar refractivity (Wildman–Crippen MR) is 64.9 cm³/mol. The number of hydrogen-bond acceptors (Lipinski definition) is 2. The van der Waals surface area contributed by atoms with E-state index in [1.165, 1.54) is 29.4 Å². The van der Waals surface area contributed by atoms with Gasteiger partial charge in [0.25, 0.3) is 0 Å². The van der Waals surface area contributed by atoms with E-state index in [9.17, 15) is 0 Å². The van der Waals surface area contributed by atoms with Gasteiger partial charge in [-0.05, 0) is 55.5 Å². The molecule has 2 nitrogen and oxygen atoms in total. The summed E-state index contributed by atoms with van der Waals surface area (Å²) in [4.78, 5) is 9.65. The molecule has 1 rings (SSSR count). The van der Waals surface area contributed by atoms with Crippen molar-refractivity contribution in [1.82, 2.24) is 0 Å². The van der Waals surface area contributed by atoms with Gasteiger partial charge in [-0.2, -0.15) is 0 Å². The lowest BCUT2D eigenvalue weighted by molar-refractivity contribution is -0.282. The summed E-state index contributed by atoms with van der Waals surface area (Å²) >= 11 is 3.61. The van der Waals surface area contributed by atoms with Crippen LogP contribution in [-0.4, -0.2) is 7.11 Å². The van der Waals surface area contributed by atoms with Gasteiger partial charge in [-0.25, -0.2) is 9.78 Å². The Kier molecular flexibility index (Phi) is 4.32. The van der Waals surface area contributed by atoms with E-state index in [-0.39, 0.29) is 0 Å². The first-order valence-electron chi connectivity index (χ1n) is 4.91. The molecule has 0 aliphatic heterocycles. The monoisotopic (exact) mass is 272 g/mol. The summed E-state index contributed by atoms with van der Waals surface area (Å²) < 4.78 is 1.13. The Morgan fingerprint density at radius 2 is 1.47 bits per heavy atom. The fourth-order valence-electron chi connectivity index (χ4n) is 1.63. The first-order chi connectivity index (χ1) is 7.00. The normalized spacial score (nSPS) is 10.8. The van der Waals surface area contributed by atoms with Crippen LogP contribution in [0.1, 0.15) is 27.8 Å². The van der Waals surface area contributed by atoms with E-state index >= 15 is 0 Å². The molecule has 0 radical (unpaired) electrons. The van der Waals surface area contributed by atoms with Crippen molar-refractivity contribution in [3.63, 3.8) is 0 Å². The zero-order valence-electron chi connectivity index (χ0n) is 9.90. The molecule has 84 valence electrons. The minimum Gasteiger partial charge on any atom is -0.240 e. The molecule has 0 aliphatic rings. The molecule has 0 saturated heterocycles. The van der Waals surface area contributed by atoms with Crippen molar-refractivity contribution >= 4 is 15.9 Å². The Labute approximate surface area is 99.6 Å². The second-order valence-corrected chi connectivity index (χ2v) is 4.51. The Balaban J connectivity index is 3.26. The summed E-state index contributed by atoms with van der Waals surface area (Å²) in [5.41, 5.74) is 6.36. The molecule has 0 aliphatic carbocycles. The Morgan fingerprint density at radius 3 is 2.00 bits per heavy atom. The largest absolute Gasteiger partial charge is 0.240 e. The van der Waals surface area contributed by atoms with Crippen molar-refractivity contribution in [2.75, 3.05) is 7.11 Å². The van der Waals surface area contributed by atoms with Crippen molar-refractivity contribution in [3.8, 4) is 0 Å². The lowest BCUT2D eigenvalue weighted by atomic mass is 9.95. The van der Waals surface area contributed by atoms with Crippen LogP contribution in [0.2, 0.25) is 0 Å². The summed E-state index contributed by atoms with van der Waals surface area (Å²) in [7, 11) is 1.52. The molecule has 15 heavy (non-hydrogen) atoms. The third-order valence-electron chi connectivity index (χ3n) is 3.06. The summed E-state index contributed by atoms with van der Waals surface area (Å²) in [6.07, 6.45) is 0. The molecule has 0 bridgehead atoms. The Bertz CT molecular complexity index is 343. The molecule has 0 spiro atoms. The van der Waals surface area contributed by atoms with E-state index in [0.29, 0.717) is 6.61 Å². The van der Waals surface area contributed by atoms with Gasteiger partial charge in [0.1, 0.15) is 6.61 Å². The van der Waals surface area contributed by atoms with Gasteiger partial charge in [0.15, 0.2) is 0 Å². The lowest BCUT2D eigenvalue weighted by Gasteiger charge is -2.16. The Hall–Kier alpha value is -0.380. The second kappa shape index (κ2) is 5.10. The molecule has 0 N–H and O–H groups in total. The SMILES string of the molecule is COOCc1c(C)c(C)c(C)c(C)c1Br. The number of benzene rings is 1. The number of hydrogen-bond donors (Lipinski definition) is 0. The van der Waals surface area contributed by atoms with E-state index in [0.717, 1.165) is 10.0 Å². The lowest BCUT2D eigenvalue weighted by Crippen LogP contribution is -2.02. The maximum atomic E-state index is 5.00. The van der Waals surface area contributed by atoms with Gasteiger partial charge in [-0.1, -0.05) is 15.9 Å². The third kappa shape index (κ3) is 2.41. The van der Waals surface area contributed by atoms with Crippen molar-refractivity contribution in [1.29, 1.82) is 0 Å². The van der Waals surface area contributed by atoms with Gasteiger partial charge in [0.05, 0.1) is 7.11 Å². The second-order valence-electron chi connectivity index (χ2n) is 3.72. The van der Waals surface area contributed by atoms with Gasteiger partial charge in [-0.15, -0.1) is 0 Å². The van der Waals surface area contributed by atoms with E-state index < -0.39 is 0 Å². The topological polar surface area (TPSA) is 18.5 Å². The smallest absolute Gasteiger partial charge is 0.109 e. The van der Waals surface area contributed by atoms with Crippen molar-refractivity contribution in [3.05, 3.63) is 32.3 Å². The highest BCUT2D eigenvalue weighted by Gasteiger charge is 2.13. The molecule has 0 aromatic heterocycles. The standard InChI is InChI=1S/C12H17BrO2/c1-7-8(2)10(4)12(13)11(9(7)3)6-15-14-5/h6H2,1-5H3. The Morgan fingerprint density at radius 1 is 0.933 bits per heavy atom. The highest BCUT2D eigenvalue weighted by molar-refractivity contribution is 9.10. The summed E-state index contributed by atoms with van der Waals surface area (Å²) in [5, 5.41) is 0. The average Bonchev–Trinajstić information content (AvgIpc) is 2.24. The zero-order valence-corrected chi connectivity index (χ0v) is 11.5. The van der Waals surface area contributed by atoms with E-state index in [2.05, 4.69) is 48.5 Å². The van der Waals surface area contributed by atoms with Crippen LogP contribution in [-0.2, 0) is 16.4 Å². The van der Waals surface area contributed by atoms with Crippen LogP contribution in [0.25, 0.3) is 0 Å². The minimum absolute atomic E-state index is 0.477. The quantitative estimate of drug-likeness (QED) is 0.616. The van der Waals surface area contributed by atoms with Crippen LogP contribution in [0.5, 0.6) is 0 Å². The molecule has 1 aromatic rings. The first kappa shape index (κ1) is 12.7. The van der Waals surface area contributed by atoms with Gasteiger partial charge in [-0.3, -0.25) is 0 Å². The molecule has 3 heteroatoms. The maximum absolute atomic E-state index is 5.00. The van der Waals surface area contributed by atoms with Crippen LogP contribution in [0.15, 0.2) is 4.47 Å². The molecule has 1 aromatic carbocycles. The molecular formula is C12H17BrO2. The fraction of sp³-hybridized carbons (Fsp3) is 0.500. The van der Waals surface area contributed by atoms with Gasteiger partial charge in [0, 0.05) is 4.47 Å². The fourth-order valence-corrected chi connectivity index (χ4v) is 2.34. The van der Waals surface area contributed by atoms with E-state index in [1.54, 1.807) is 0 Å². The van der Waals surface area contributed by atoms with Crippen molar-refractivity contribution < 1.29 is 9.78 Å². The molecule has 0 saturated carbocycles. The predicted octanol–water partition coefficient (Wildman–Crippen LogP) is 3.76. The molecule has 0 amide bonds. The van der Waals surface area contributed by atoms with Gasteiger partial charge < -0.3 is 0 Å². The molecule has 0 heterocycles. The molecule has 0 atom stereocenters. The van der Waals surface area contributed by atoms with Crippen LogP contribution in [0.4, 0.5) is 0 Å². The van der Waals surface area contributed by atoms with Gasteiger partial charge in [0.2, 0.25) is 0 Å². The maximum Gasteiger partial charge on any atom is 0.109 e. The number of halogens is 1. The van der Waals surface area contributed by atoms with E-state index in [1.807, 2.05) is 0 Å². The van der Waals surface area contributed by atoms with Crippen LogP contribution < -0.4 is 0 Å². The molecule has 0 fully saturated rings. The first-order valence-corrected chi connectivity index (χ1v) is 5.70. The van der Waals surface area contributed by atoms with Crippen molar-refractivity contribution in [2.24, 2.45) is 0 Å². The molecular weight excluding hydrogens is 256 g/mol.